The lowest BCUT2D eigenvalue weighted by molar-refractivity contribution is 0.100. The standard InChI is InChI=1S/C14H10Cl3NO2/c15-10-3-1-8(5-11(10)16)7-20-13-4-2-9(14(18)19)6-12(13)17/h1-6H,7H2,(H2,18,19). The maximum Gasteiger partial charge on any atom is 0.248 e. The van der Waals surface area contributed by atoms with E-state index >= 15 is 0 Å². The van der Waals surface area contributed by atoms with Gasteiger partial charge in [0.1, 0.15) is 12.4 Å². The SMILES string of the molecule is NC(=O)c1ccc(OCc2ccc(Cl)c(Cl)c2)c(Cl)c1. The van der Waals surface area contributed by atoms with Gasteiger partial charge in [0.05, 0.1) is 15.1 Å². The van der Waals surface area contributed by atoms with Crippen molar-refractivity contribution < 1.29 is 9.53 Å². The third-order valence-electron chi connectivity index (χ3n) is 2.59. The van der Waals surface area contributed by atoms with E-state index < -0.39 is 5.91 Å². The summed E-state index contributed by atoms with van der Waals surface area (Å²) in [5.74, 6) is -0.0781. The molecule has 0 atom stereocenters. The molecule has 2 aromatic rings. The van der Waals surface area contributed by atoms with Crippen LogP contribution in [0.25, 0.3) is 0 Å². The second-order valence-electron chi connectivity index (χ2n) is 4.05. The van der Waals surface area contributed by atoms with Gasteiger partial charge in [0.2, 0.25) is 5.91 Å². The number of hydrogen-bond acceptors (Lipinski definition) is 2. The van der Waals surface area contributed by atoms with Crippen molar-refractivity contribution in [2.24, 2.45) is 5.73 Å². The fourth-order valence-electron chi connectivity index (χ4n) is 1.56. The number of carbonyl (C=O) groups is 1. The first kappa shape index (κ1) is 15.0. The molecule has 0 aliphatic carbocycles. The molecular weight excluding hydrogens is 321 g/mol. The van der Waals surface area contributed by atoms with Gasteiger partial charge in [-0.05, 0) is 35.9 Å². The number of rotatable bonds is 4. The van der Waals surface area contributed by atoms with Gasteiger partial charge in [-0.3, -0.25) is 4.79 Å². The molecule has 0 spiro atoms. The predicted octanol–water partition coefficient (Wildman–Crippen LogP) is 4.32. The lowest BCUT2D eigenvalue weighted by Gasteiger charge is -2.09. The summed E-state index contributed by atoms with van der Waals surface area (Å²) in [7, 11) is 0. The Labute approximate surface area is 131 Å². The maximum atomic E-state index is 11.0. The second-order valence-corrected chi connectivity index (χ2v) is 5.27. The van der Waals surface area contributed by atoms with E-state index in [2.05, 4.69) is 0 Å². The monoisotopic (exact) mass is 329 g/mol. The summed E-state index contributed by atoms with van der Waals surface area (Å²) in [5, 5.41) is 1.27. The van der Waals surface area contributed by atoms with E-state index in [4.69, 9.17) is 45.3 Å². The molecule has 2 aromatic carbocycles. The largest absolute Gasteiger partial charge is 0.487 e. The van der Waals surface area contributed by atoms with Crippen molar-refractivity contribution in [3.05, 3.63) is 62.6 Å². The molecular formula is C14H10Cl3NO2. The van der Waals surface area contributed by atoms with E-state index in [1.54, 1.807) is 30.3 Å². The van der Waals surface area contributed by atoms with Crippen LogP contribution >= 0.6 is 34.8 Å². The van der Waals surface area contributed by atoms with E-state index in [1.807, 2.05) is 0 Å². The number of amides is 1. The number of nitrogens with two attached hydrogens (primary N) is 1. The molecule has 0 fully saturated rings. The summed E-state index contributed by atoms with van der Waals surface area (Å²) in [6.45, 7) is 0.284. The second kappa shape index (κ2) is 6.35. The average Bonchev–Trinajstić information content (AvgIpc) is 2.41. The molecule has 2 N–H and O–H groups in total. The molecule has 0 aliphatic rings. The summed E-state index contributed by atoms with van der Waals surface area (Å²) < 4.78 is 5.57. The average molecular weight is 331 g/mol. The summed E-state index contributed by atoms with van der Waals surface area (Å²) in [4.78, 5) is 11.0. The van der Waals surface area contributed by atoms with E-state index in [0.29, 0.717) is 26.4 Å². The van der Waals surface area contributed by atoms with Gasteiger partial charge < -0.3 is 10.5 Å². The Morgan fingerprint density at radius 2 is 1.75 bits per heavy atom. The van der Waals surface area contributed by atoms with Crippen LogP contribution in [0.4, 0.5) is 0 Å². The van der Waals surface area contributed by atoms with Gasteiger partial charge in [0.25, 0.3) is 0 Å². The number of carbonyl (C=O) groups excluding carboxylic acids is 1. The normalized spacial score (nSPS) is 10.3. The molecule has 20 heavy (non-hydrogen) atoms. The number of ether oxygens (including phenoxy) is 1. The zero-order valence-corrected chi connectivity index (χ0v) is 12.5. The topological polar surface area (TPSA) is 52.3 Å². The molecule has 0 aromatic heterocycles. The predicted molar refractivity (Wildman–Crippen MR) is 80.8 cm³/mol. The fourth-order valence-corrected chi connectivity index (χ4v) is 2.12. The fraction of sp³-hybridized carbons (Fsp3) is 0.0714. The first-order chi connectivity index (χ1) is 9.47. The molecule has 0 saturated carbocycles. The minimum atomic E-state index is -0.539. The molecule has 0 bridgehead atoms. The minimum Gasteiger partial charge on any atom is -0.487 e. The van der Waals surface area contributed by atoms with Gasteiger partial charge in [-0.1, -0.05) is 40.9 Å². The summed E-state index contributed by atoms with van der Waals surface area (Å²) >= 11 is 17.8. The number of primary amides is 1. The van der Waals surface area contributed by atoms with Gasteiger partial charge in [0.15, 0.2) is 0 Å². The Hall–Kier alpha value is -1.42. The highest BCUT2D eigenvalue weighted by molar-refractivity contribution is 6.42. The highest BCUT2D eigenvalue weighted by atomic mass is 35.5. The quantitative estimate of drug-likeness (QED) is 0.907. The highest BCUT2D eigenvalue weighted by Gasteiger charge is 2.07. The summed E-state index contributed by atoms with van der Waals surface area (Å²) in [6.07, 6.45) is 0. The smallest absolute Gasteiger partial charge is 0.248 e. The van der Waals surface area contributed by atoms with Crippen LogP contribution in [0.5, 0.6) is 5.75 Å². The first-order valence-corrected chi connectivity index (χ1v) is 6.77. The summed E-state index contributed by atoms with van der Waals surface area (Å²) in [5.41, 5.74) is 6.35. The number of halogens is 3. The van der Waals surface area contributed by atoms with Crippen molar-refractivity contribution in [2.45, 2.75) is 6.61 Å². The van der Waals surface area contributed by atoms with E-state index in [-0.39, 0.29) is 6.61 Å². The van der Waals surface area contributed by atoms with Crippen molar-refractivity contribution in [1.82, 2.24) is 0 Å². The van der Waals surface area contributed by atoms with Crippen molar-refractivity contribution in [3.8, 4) is 5.75 Å². The van der Waals surface area contributed by atoms with E-state index in [1.165, 1.54) is 6.07 Å². The lowest BCUT2D eigenvalue weighted by Crippen LogP contribution is -2.10. The molecule has 6 heteroatoms. The van der Waals surface area contributed by atoms with Crippen LogP contribution in [-0.4, -0.2) is 5.91 Å². The van der Waals surface area contributed by atoms with Crippen molar-refractivity contribution in [1.29, 1.82) is 0 Å². The molecule has 2 rings (SSSR count). The van der Waals surface area contributed by atoms with Gasteiger partial charge in [-0.15, -0.1) is 0 Å². The van der Waals surface area contributed by atoms with Gasteiger partial charge >= 0.3 is 0 Å². The molecule has 0 heterocycles. The number of benzene rings is 2. The minimum absolute atomic E-state index is 0.284. The summed E-state index contributed by atoms with van der Waals surface area (Å²) in [6, 6.07) is 9.84. The van der Waals surface area contributed by atoms with Crippen LogP contribution in [-0.2, 0) is 6.61 Å². The van der Waals surface area contributed by atoms with E-state index in [9.17, 15) is 4.79 Å². The van der Waals surface area contributed by atoms with Crippen LogP contribution in [0.2, 0.25) is 15.1 Å². The molecule has 0 unspecified atom stereocenters. The van der Waals surface area contributed by atoms with Gasteiger partial charge in [-0.25, -0.2) is 0 Å². The lowest BCUT2D eigenvalue weighted by atomic mass is 10.2. The molecule has 104 valence electrons. The van der Waals surface area contributed by atoms with Crippen molar-refractivity contribution >= 4 is 40.7 Å². The van der Waals surface area contributed by atoms with Crippen molar-refractivity contribution in [2.75, 3.05) is 0 Å². The molecule has 0 aliphatic heterocycles. The molecule has 1 amide bonds. The molecule has 0 radical (unpaired) electrons. The zero-order chi connectivity index (χ0) is 14.7. The zero-order valence-electron chi connectivity index (χ0n) is 10.2. The van der Waals surface area contributed by atoms with Crippen molar-refractivity contribution in [3.63, 3.8) is 0 Å². The highest BCUT2D eigenvalue weighted by Crippen LogP contribution is 2.27. The van der Waals surface area contributed by atoms with Crippen LogP contribution < -0.4 is 10.5 Å². The molecule has 3 nitrogen and oxygen atoms in total. The Morgan fingerprint density at radius 1 is 1.00 bits per heavy atom. The van der Waals surface area contributed by atoms with Crippen LogP contribution in [0.15, 0.2) is 36.4 Å². The van der Waals surface area contributed by atoms with Crippen LogP contribution in [0, 0.1) is 0 Å². The Morgan fingerprint density at radius 3 is 2.35 bits per heavy atom. The Balaban J connectivity index is 2.10. The number of hydrogen-bond donors (Lipinski definition) is 1. The van der Waals surface area contributed by atoms with Gasteiger partial charge in [-0.2, -0.15) is 0 Å². The molecule has 0 saturated heterocycles. The van der Waals surface area contributed by atoms with Gasteiger partial charge in [0, 0.05) is 5.56 Å². The Kier molecular flexibility index (Phi) is 4.76. The maximum absolute atomic E-state index is 11.0. The van der Waals surface area contributed by atoms with E-state index in [0.717, 1.165) is 5.56 Å². The third-order valence-corrected chi connectivity index (χ3v) is 3.63. The van der Waals surface area contributed by atoms with Crippen LogP contribution in [0.3, 0.4) is 0 Å². The van der Waals surface area contributed by atoms with Crippen LogP contribution in [0.1, 0.15) is 15.9 Å². The third kappa shape index (κ3) is 3.57. The Bertz CT molecular complexity index is 659. The first-order valence-electron chi connectivity index (χ1n) is 5.63.